The lowest BCUT2D eigenvalue weighted by molar-refractivity contribution is 0.112. The summed E-state index contributed by atoms with van der Waals surface area (Å²) in [5, 5.41) is 1.04. The lowest BCUT2D eigenvalue weighted by Gasteiger charge is -2.08. The van der Waals surface area contributed by atoms with Crippen molar-refractivity contribution >= 4 is 28.2 Å². The summed E-state index contributed by atoms with van der Waals surface area (Å²) in [5.74, 6) is 0. The molecule has 0 N–H and O–H groups in total. The van der Waals surface area contributed by atoms with Crippen LogP contribution in [0.3, 0.4) is 0 Å². The fourth-order valence-electron chi connectivity index (χ4n) is 2.90. The molecule has 22 heavy (non-hydrogen) atoms. The normalized spacial score (nSPS) is 11.1. The van der Waals surface area contributed by atoms with E-state index in [4.69, 9.17) is 0 Å². The molecule has 0 bridgehead atoms. The second kappa shape index (κ2) is 5.07. The van der Waals surface area contributed by atoms with Crippen molar-refractivity contribution in [1.29, 1.82) is 0 Å². The van der Waals surface area contributed by atoms with Gasteiger partial charge in [-0.25, -0.2) is 9.97 Å². The summed E-state index contributed by atoms with van der Waals surface area (Å²) in [6.07, 6.45) is 2.25. The van der Waals surface area contributed by atoms with Crippen molar-refractivity contribution in [2.75, 3.05) is 0 Å². The summed E-state index contributed by atoms with van der Waals surface area (Å²) in [6.45, 7) is 0.680. The first-order valence-electron chi connectivity index (χ1n) is 7.09. The number of fused-ring (bicyclic) bond motifs is 3. The fraction of sp³-hybridized carbons (Fsp3) is 0.0556. The second-order valence-electron chi connectivity index (χ2n) is 5.16. The van der Waals surface area contributed by atoms with Crippen LogP contribution in [0.25, 0.3) is 21.9 Å². The van der Waals surface area contributed by atoms with Crippen molar-refractivity contribution in [3.05, 3.63) is 72.2 Å². The van der Waals surface area contributed by atoms with E-state index in [2.05, 4.69) is 32.7 Å². The molecule has 0 radical (unpaired) electrons. The van der Waals surface area contributed by atoms with Crippen LogP contribution in [0.4, 0.5) is 0 Å². The number of para-hydroxylation sites is 1. The van der Waals surface area contributed by atoms with E-state index in [-0.39, 0.29) is 0 Å². The zero-order chi connectivity index (χ0) is 14.9. The minimum atomic E-state index is 0.428. The van der Waals surface area contributed by atoms with Gasteiger partial charge in [-0.3, -0.25) is 4.79 Å². The fourth-order valence-corrected chi connectivity index (χ4v) is 2.90. The Morgan fingerprint density at radius 1 is 0.955 bits per heavy atom. The Bertz CT molecular complexity index is 974. The number of hydrogen-bond donors (Lipinski definition) is 0. The van der Waals surface area contributed by atoms with Gasteiger partial charge in [0.05, 0.1) is 11.0 Å². The van der Waals surface area contributed by atoms with Crippen LogP contribution in [0.1, 0.15) is 16.1 Å². The standard InChI is InChI=1S/C18H13N3O/c22-11-15-18-17(20-12-19-15)14-8-4-5-9-16(14)21(18)10-13-6-2-1-3-7-13/h1-9,11-12H,10H2. The summed E-state index contributed by atoms with van der Waals surface area (Å²) in [6, 6.07) is 18.2. The molecular formula is C18H13N3O. The SMILES string of the molecule is O=Cc1ncnc2c3ccccc3n(Cc3ccccc3)c12. The highest BCUT2D eigenvalue weighted by atomic mass is 16.1. The van der Waals surface area contributed by atoms with Gasteiger partial charge in [0.1, 0.15) is 17.5 Å². The van der Waals surface area contributed by atoms with E-state index in [1.807, 2.05) is 36.4 Å². The summed E-state index contributed by atoms with van der Waals surface area (Å²) < 4.78 is 2.11. The Morgan fingerprint density at radius 2 is 1.73 bits per heavy atom. The monoisotopic (exact) mass is 287 g/mol. The molecule has 4 aromatic rings. The molecule has 2 aromatic carbocycles. The number of benzene rings is 2. The molecule has 0 saturated carbocycles. The van der Waals surface area contributed by atoms with Gasteiger partial charge < -0.3 is 4.57 Å². The molecule has 2 heterocycles. The van der Waals surface area contributed by atoms with E-state index in [9.17, 15) is 4.79 Å². The molecular weight excluding hydrogens is 274 g/mol. The Hall–Kier alpha value is -3.01. The van der Waals surface area contributed by atoms with Crippen molar-refractivity contribution < 1.29 is 4.79 Å². The summed E-state index contributed by atoms with van der Waals surface area (Å²) in [4.78, 5) is 19.9. The van der Waals surface area contributed by atoms with Crippen molar-refractivity contribution in [1.82, 2.24) is 14.5 Å². The van der Waals surface area contributed by atoms with E-state index in [1.54, 1.807) is 0 Å². The van der Waals surface area contributed by atoms with Crippen LogP contribution in [0, 0.1) is 0 Å². The van der Waals surface area contributed by atoms with E-state index in [0.717, 1.165) is 28.2 Å². The lowest BCUT2D eigenvalue weighted by atomic mass is 10.2. The van der Waals surface area contributed by atoms with Gasteiger partial charge in [0.25, 0.3) is 0 Å². The zero-order valence-electron chi connectivity index (χ0n) is 11.8. The molecule has 4 nitrogen and oxygen atoms in total. The van der Waals surface area contributed by atoms with Crippen molar-refractivity contribution in [3.8, 4) is 0 Å². The highest BCUT2D eigenvalue weighted by Gasteiger charge is 2.15. The summed E-state index contributed by atoms with van der Waals surface area (Å²) in [5.41, 5.74) is 4.28. The predicted octanol–water partition coefficient (Wildman–Crippen LogP) is 3.45. The predicted molar refractivity (Wildman–Crippen MR) is 86.0 cm³/mol. The molecule has 0 aliphatic rings. The van der Waals surface area contributed by atoms with Gasteiger partial charge in [-0.1, -0.05) is 48.5 Å². The van der Waals surface area contributed by atoms with Crippen molar-refractivity contribution in [2.45, 2.75) is 6.54 Å². The number of aromatic nitrogens is 3. The van der Waals surface area contributed by atoms with Crippen LogP contribution in [-0.4, -0.2) is 20.8 Å². The van der Waals surface area contributed by atoms with Crippen molar-refractivity contribution in [3.63, 3.8) is 0 Å². The maximum Gasteiger partial charge on any atom is 0.170 e. The zero-order valence-corrected chi connectivity index (χ0v) is 11.8. The van der Waals surface area contributed by atoms with Crippen LogP contribution in [0.5, 0.6) is 0 Å². The number of nitrogens with zero attached hydrogens (tertiary/aromatic N) is 3. The first-order valence-corrected chi connectivity index (χ1v) is 7.09. The lowest BCUT2D eigenvalue weighted by Crippen LogP contribution is -2.02. The van der Waals surface area contributed by atoms with Crippen LogP contribution >= 0.6 is 0 Å². The number of carbonyl (C=O) groups is 1. The molecule has 0 fully saturated rings. The average Bonchev–Trinajstić information content (AvgIpc) is 2.90. The maximum absolute atomic E-state index is 11.4. The van der Waals surface area contributed by atoms with Crippen LogP contribution in [0.15, 0.2) is 60.9 Å². The van der Waals surface area contributed by atoms with Gasteiger partial charge in [-0.05, 0) is 11.6 Å². The van der Waals surface area contributed by atoms with E-state index in [0.29, 0.717) is 12.2 Å². The molecule has 106 valence electrons. The largest absolute Gasteiger partial charge is 0.333 e. The molecule has 4 heteroatoms. The average molecular weight is 287 g/mol. The number of rotatable bonds is 3. The van der Waals surface area contributed by atoms with Gasteiger partial charge in [0.15, 0.2) is 6.29 Å². The number of hydrogen-bond acceptors (Lipinski definition) is 3. The molecule has 0 unspecified atom stereocenters. The molecule has 0 aliphatic carbocycles. The van der Waals surface area contributed by atoms with Crippen LogP contribution in [0.2, 0.25) is 0 Å². The first kappa shape index (κ1) is 12.7. The third-order valence-corrected chi connectivity index (χ3v) is 3.87. The maximum atomic E-state index is 11.4. The Labute approximate surface area is 127 Å². The highest BCUT2D eigenvalue weighted by Crippen LogP contribution is 2.29. The number of carbonyl (C=O) groups excluding carboxylic acids is 1. The molecule has 2 aromatic heterocycles. The Kier molecular flexibility index (Phi) is 2.93. The summed E-state index contributed by atoms with van der Waals surface area (Å²) in [7, 11) is 0. The first-order chi connectivity index (χ1) is 10.9. The van der Waals surface area contributed by atoms with Gasteiger partial charge >= 0.3 is 0 Å². The second-order valence-corrected chi connectivity index (χ2v) is 5.16. The Morgan fingerprint density at radius 3 is 2.55 bits per heavy atom. The quantitative estimate of drug-likeness (QED) is 0.542. The smallest absolute Gasteiger partial charge is 0.170 e. The van der Waals surface area contributed by atoms with Gasteiger partial charge in [0.2, 0.25) is 0 Å². The van der Waals surface area contributed by atoms with Gasteiger partial charge in [-0.2, -0.15) is 0 Å². The molecule has 0 spiro atoms. The molecule has 0 saturated heterocycles. The topological polar surface area (TPSA) is 47.8 Å². The molecule has 0 aliphatic heterocycles. The van der Waals surface area contributed by atoms with Gasteiger partial charge in [0, 0.05) is 11.9 Å². The Balaban J connectivity index is 2.07. The highest BCUT2D eigenvalue weighted by molar-refractivity contribution is 6.09. The minimum Gasteiger partial charge on any atom is -0.333 e. The van der Waals surface area contributed by atoms with Crippen LogP contribution < -0.4 is 0 Å². The molecule has 4 rings (SSSR count). The summed E-state index contributed by atoms with van der Waals surface area (Å²) >= 11 is 0. The van der Waals surface area contributed by atoms with E-state index < -0.39 is 0 Å². The molecule has 0 atom stereocenters. The number of aldehydes is 1. The van der Waals surface area contributed by atoms with E-state index in [1.165, 1.54) is 11.9 Å². The van der Waals surface area contributed by atoms with Crippen molar-refractivity contribution in [2.24, 2.45) is 0 Å². The molecule has 0 amide bonds. The van der Waals surface area contributed by atoms with Crippen LogP contribution in [-0.2, 0) is 6.54 Å². The third-order valence-electron chi connectivity index (χ3n) is 3.87. The minimum absolute atomic E-state index is 0.428. The van der Waals surface area contributed by atoms with Gasteiger partial charge in [-0.15, -0.1) is 0 Å². The third kappa shape index (κ3) is 1.89. The van der Waals surface area contributed by atoms with E-state index >= 15 is 0 Å².